The molecule has 2 N–H and O–H groups in total. The van der Waals surface area contributed by atoms with Gasteiger partial charge in [0.05, 0.1) is 0 Å². The van der Waals surface area contributed by atoms with Crippen molar-refractivity contribution in [1.82, 2.24) is 10.1 Å². The first kappa shape index (κ1) is 20.6. The summed E-state index contributed by atoms with van der Waals surface area (Å²) >= 11 is 0. The van der Waals surface area contributed by atoms with Crippen LogP contribution in [0.3, 0.4) is 0 Å². The molecule has 1 aromatic heterocycles. The lowest BCUT2D eigenvalue weighted by atomic mass is 10.0. The normalized spacial score (nSPS) is 11.2. The van der Waals surface area contributed by atoms with Crippen molar-refractivity contribution in [2.75, 3.05) is 6.54 Å². The first-order valence-electron chi connectivity index (χ1n) is 10.5. The third kappa shape index (κ3) is 7.69. The zero-order valence-electron chi connectivity index (χ0n) is 16.4. The summed E-state index contributed by atoms with van der Waals surface area (Å²) in [7, 11) is 0. The second kappa shape index (κ2) is 12.6. The van der Waals surface area contributed by atoms with Crippen LogP contribution in [0.4, 0.5) is 0 Å². The minimum absolute atomic E-state index is 0.686. The maximum absolute atomic E-state index is 5.51. The minimum atomic E-state index is 0.686. The van der Waals surface area contributed by atoms with Gasteiger partial charge in [0.2, 0.25) is 11.7 Å². The Morgan fingerprint density at radius 3 is 2.15 bits per heavy atom. The molecular formula is C22H35N3O. The molecule has 2 aromatic rings. The first-order valence-corrected chi connectivity index (χ1v) is 10.5. The van der Waals surface area contributed by atoms with E-state index in [0.717, 1.165) is 31.2 Å². The van der Waals surface area contributed by atoms with Crippen LogP contribution >= 0.6 is 0 Å². The first-order chi connectivity index (χ1) is 12.8. The Morgan fingerprint density at radius 2 is 1.46 bits per heavy atom. The van der Waals surface area contributed by atoms with E-state index in [1.54, 1.807) is 0 Å². The second-order valence-electron chi connectivity index (χ2n) is 7.18. The summed E-state index contributed by atoms with van der Waals surface area (Å²) in [6, 6.07) is 8.60. The molecule has 0 aliphatic heterocycles. The van der Waals surface area contributed by atoms with Gasteiger partial charge in [-0.15, -0.1) is 0 Å². The van der Waals surface area contributed by atoms with Crippen molar-refractivity contribution < 1.29 is 4.52 Å². The molecule has 0 aliphatic carbocycles. The molecular weight excluding hydrogens is 322 g/mol. The van der Waals surface area contributed by atoms with Gasteiger partial charge in [0.1, 0.15) is 0 Å². The fraction of sp³-hybridized carbons (Fsp3) is 0.636. The molecule has 0 amide bonds. The number of aromatic nitrogens is 2. The van der Waals surface area contributed by atoms with Gasteiger partial charge in [0, 0.05) is 12.0 Å². The highest BCUT2D eigenvalue weighted by Crippen LogP contribution is 2.18. The number of nitrogens with two attached hydrogens (primary N) is 1. The summed E-state index contributed by atoms with van der Waals surface area (Å²) in [5.41, 5.74) is 7.93. The Kier molecular flexibility index (Phi) is 10.0. The van der Waals surface area contributed by atoms with Crippen LogP contribution < -0.4 is 5.73 Å². The molecule has 4 nitrogen and oxygen atoms in total. The van der Waals surface area contributed by atoms with E-state index >= 15 is 0 Å². The molecule has 4 heteroatoms. The van der Waals surface area contributed by atoms with E-state index < -0.39 is 0 Å². The molecule has 0 atom stereocenters. The minimum Gasteiger partial charge on any atom is -0.339 e. The predicted octanol–water partition coefficient (Wildman–Crippen LogP) is 5.70. The molecule has 0 saturated carbocycles. The van der Waals surface area contributed by atoms with Crippen LogP contribution in [0.5, 0.6) is 0 Å². The lowest BCUT2D eigenvalue weighted by molar-refractivity contribution is 0.375. The Labute approximate surface area is 158 Å². The van der Waals surface area contributed by atoms with Crippen molar-refractivity contribution >= 4 is 0 Å². The molecule has 0 radical (unpaired) electrons. The SMILES string of the molecule is CCCCCCCCCCc1ccc(-c2noc(CCCCN)n2)cc1. The summed E-state index contributed by atoms with van der Waals surface area (Å²) in [6.07, 6.45) is 14.9. The Hall–Kier alpha value is -1.68. The zero-order valence-corrected chi connectivity index (χ0v) is 16.4. The predicted molar refractivity (Wildman–Crippen MR) is 108 cm³/mol. The van der Waals surface area contributed by atoms with E-state index in [9.17, 15) is 0 Å². The van der Waals surface area contributed by atoms with Gasteiger partial charge < -0.3 is 10.3 Å². The maximum atomic E-state index is 5.51. The fourth-order valence-corrected chi connectivity index (χ4v) is 3.18. The summed E-state index contributed by atoms with van der Waals surface area (Å²) in [5.74, 6) is 1.39. The van der Waals surface area contributed by atoms with Crippen LogP contribution in [0.2, 0.25) is 0 Å². The largest absolute Gasteiger partial charge is 0.339 e. The van der Waals surface area contributed by atoms with E-state index in [4.69, 9.17) is 10.3 Å². The lowest BCUT2D eigenvalue weighted by Crippen LogP contribution is -1.99. The number of hydrogen-bond acceptors (Lipinski definition) is 4. The lowest BCUT2D eigenvalue weighted by Gasteiger charge is -2.03. The molecule has 1 aromatic carbocycles. The van der Waals surface area contributed by atoms with Gasteiger partial charge in [-0.1, -0.05) is 81.3 Å². The van der Waals surface area contributed by atoms with Gasteiger partial charge in [-0.2, -0.15) is 4.98 Å². The van der Waals surface area contributed by atoms with Crippen LogP contribution in [-0.2, 0) is 12.8 Å². The summed E-state index contributed by atoms with van der Waals surface area (Å²) in [5, 5.41) is 4.09. The number of rotatable bonds is 14. The topological polar surface area (TPSA) is 64.9 Å². The van der Waals surface area contributed by atoms with Crippen LogP contribution in [0.25, 0.3) is 11.4 Å². The second-order valence-corrected chi connectivity index (χ2v) is 7.18. The fourth-order valence-electron chi connectivity index (χ4n) is 3.18. The molecule has 0 unspecified atom stereocenters. The average Bonchev–Trinajstić information content (AvgIpc) is 3.13. The summed E-state index contributed by atoms with van der Waals surface area (Å²) in [6.45, 7) is 2.98. The zero-order chi connectivity index (χ0) is 18.5. The summed E-state index contributed by atoms with van der Waals surface area (Å²) < 4.78 is 5.32. The third-order valence-electron chi connectivity index (χ3n) is 4.84. The van der Waals surface area contributed by atoms with Crippen molar-refractivity contribution in [1.29, 1.82) is 0 Å². The maximum Gasteiger partial charge on any atom is 0.226 e. The molecule has 0 bridgehead atoms. The molecule has 1 heterocycles. The van der Waals surface area contributed by atoms with Gasteiger partial charge in [-0.3, -0.25) is 0 Å². The summed E-state index contributed by atoms with van der Waals surface area (Å²) in [4.78, 5) is 4.48. The smallest absolute Gasteiger partial charge is 0.226 e. The number of unbranched alkanes of at least 4 members (excludes halogenated alkanes) is 8. The molecule has 0 spiro atoms. The Bertz CT molecular complexity index is 592. The van der Waals surface area contributed by atoms with Gasteiger partial charge in [-0.25, -0.2) is 0 Å². The monoisotopic (exact) mass is 357 g/mol. The molecule has 144 valence electrons. The van der Waals surface area contributed by atoms with Crippen molar-refractivity contribution in [3.63, 3.8) is 0 Å². The van der Waals surface area contributed by atoms with E-state index in [-0.39, 0.29) is 0 Å². The Morgan fingerprint density at radius 1 is 0.808 bits per heavy atom. The van der Waals surface area contributed by atoms with Crippen LogP contribution in [0.15, 0.2) is 28.8 Å². The highest BCUT2D eigenvalue weighted by Gasteiger charge is 2.08. The van der Waals surface area contributed by atoms with E-state index in [2.05, 4.69) is 41.3 Å². The number of benzene rings is 1. The third-order valence-corrected chi connectivity index (χ3v) is 4.84. The van der Waals surface area contributed by atoms with Crippen LogP contribution in [0.1, 0.15) is 82.6 Å². The van der Waals surface area contributed by atoms with Crippen LogP contribution in [0, 0.1) is 0 Å². The molecule has 26 heavy (non-hydrogen) atoms. The van der Waals surface area contributed by atoms with Gasteiger partial charge >= 0.3 is 0 Å². The highest BCUT2D eigenvalue weighted by atomic mass is 16.5. The Balaban J connectivity index is 1.68. The van der Waals surface area contributed by atoms with Crippen LogP contribution in [-0.4, -0.2) is 16.7 Å². The highest BCUT2D eigenvalue weighted by molar-refractivity contribution is 5.54. The average molecular weight is 358 g/mol. The van der Waals surface area contributed by atoms with E-state index in [0.29, 0.717) is 18.3 Å². The van der Waals surface area contributed by atoms with Gasteiger partial charge in [-0.05, 0) is 37.8 Å². The van der Waals surface area contributed by atoms with Crippen molar-refractivity contribution in [3.05, 3.63) is 35.7 Å². The van der Waals surface area contributed by atoms with E-state index in [1.807, 2.05) is 0 Å². The number of hydrogen-bond donors (Lipinski definition) is 1. The number of nitrogens with zero attached hydrogens (tertiary/aromatic N) is 2. The number of aryl methyl sites for hydroxylation is 2. The van der Waals surface area contributed by atoms with Gasteiger partial charge in [0.15, 0.2) is 0 Å². The molecule has 0 fully saturated rings. The standard InChI is InChI=1S/C22H35N3O/c1-2-3-4-5-6-7-8-9-12-19-14-16-20(17-15-19)22-24-21(26-25-22)13-10-11-18-23/h14-17H,2-13,18,23H2,1H3. The molecule has 0 aliphatic rings. The molecule has 2 rings (SSSR count). The van der Waals surface area contributed by atoms with Crippen molar-refractivity contribution in [3.8, 4) is 11.4 Å². The molecule has 0 saturated heterocycles. The van der Waals surface area contributed by atoms with E-state index in [1.165, 1.54) is 56.9 Å². The quantitative estimate of drug-likeness (QED) is 0.440. The van der Waals surface area contributed by atoms with Crippen molar-refractivity contribution in [2.24, 2.45) is 5.73 Å². The van der Waals surface area contributed by atoms with Crippen molar-refractivity contribution in [2.45, 2.75) is 84.0 Å². The van der Waals surface area contributed by atoms with Gasteiger partial charge in [0.25, 0.3) is 0 Å².